The van der Waals surface area contributed by atoms with E-state index in [0.29, 0.717) is 23.4 Å². The lowest BCUT2D eigenvalue weighted by atomic mass is 9.80. The van der Waals surface area contributed by atoms with Gasteiger partial charge in [0.15, 0.2) is 9.84 Å². The average molecular weight is 490 g/mol. The minimum Gasteiger partial charge on any atom is -0.349 e. The van der Waals surface area contributed by atoms with E-state index in [1.807, 2.05) is 0 Å². The molecule has 0 unspecified atom stereocenters. The van der Waals surface area contributed by atoms with Crippen LogP contribution in [0.25, 0.3) is 0 Å². The topological polar surface area (TPSA) is 63.2 Å². The highest BCUT2D eigenvalue weighted by molar-refractivity contribution is 7.92. The van der Waals surface area contributed by atoms with E-state index in [4.69, 9.17) is 11.6 Å². The molecule has 0 atom stereocenters. The first kappa shape index (κ1) is 23.4. The lowest BCUT2D eigenvalue weighted by Gasteiger charge is -2.40. The van der Waals surface area contributed by atoms with Gasteiger partial charge >= 0.3 is 0 Å². The van der Waals surface area contributed by atoms with Gasteiger partial charge in [0.2, 0.25) is 0 Å². The SMILES string of the molecule is O=C(N[C@H]1CC[C@@](c2cc(F)ccc2F)(S(=O)(=O)c2ccc(Cl)cc2)CC1)c1ccccc1. The number of benzene rings is 3. The summed E-state index contributed by atoms with van der Waals surface area (Å²) < 4.78 is 55.0. The molecule has 0 spiro atoms. The third-order valence-corrected chi connectivity index (χ3v) is 9.02. The molecule has 1 N–H and O–H groups in total. The average Bonchev–Trinajstić information content (AvgIpc) is 2.82. The molecular formula is C25H22ClF2NO3S. The summed E-state index contributed by atoms with van der Waals surface area (Å²) in [5.41, 5.74) is 0.310. The summed E-state index contributed by atoms with van der Waals surface area (Å²) in [5, 5.41) is 3.30. The van der Waals surface area contributed by atoms with Crippen LogP contribution in [0.15, 0.2) is 77.7 Å². The number of hydrogen-bond donors (Lipinski definition) is 1. The Kier molecular flexibility index (Phi) is 6.54. The van der Waals surface area contributed by atoms with Gasteiger partial charge in [-0.25, -0.2) is 17.2 Å². The number of carbonyl (C=O) groups excluding carboxylic acids is 1. The highest BCUT2D eigenvalue weighted by Gasteiger charge is 2.50. The van der Waals surface area contributed by atoms with Gasteiger partial charge in [-0.1, -0.05) is 29.8 Å². The third kappa shape index (κ3) is 4.52. The van der Waals surface area contributed by atoms with Crippen molar-refractivity contribution in [2.45, 2.75) is 41.4 Å². The predicted molar refractivity (Wildman–Crippen MR) is 123 cm³/mol. The zero-order chi connectivity index (χ0) is 23.6. The molecule has 0 aliphatic heterocycles. The Balaban J connectivity index is 1.68. The van der Waals surface area contributed by atoms with Gasteiger partial charge < -0.3 is 5.32 Å². The van der Waals surface area contributed by atoms with Gasteiger partial charge in [0.05, 0.1) is 4.90 Å². The van der Waals surface area contributed by atoms with Gasteiger partial charge in [-0.15, -0.1) is 0 Å². The summed E-state index contributed by atoms with van der Waals surface area (Å²) in [6.07, 6.45) is 0.638. The van der Waals surface area contributed by atoms with Crippen molar-refractivity contribution in [2.75, 3.05) is 0 Å². The van der Waals surface area contributed by atoms with Crippen molar-refractivity contribution in [3.8, 4) is 0 Å². The highest BCUT2D eigenvalue weighted by atomic mass is 35.5. The molecule has 3 aromatic rings. The van der Waals surface area contributed by atoms with Gasteiger partial charge in [0.1, 0.15) is 16.4 Å². The number of sulfone groups is 1. The van der Waals surface area contributed by atoms with E-state index in [0.717, 1.165) is 18.2 Å². The van der Waals surface area contributed by atoms with Crippen LogP contribution in [0, 0.1) is 11.6 Å². The van der Waals surface area contributed by atoms with Crippen molar-refractivity contribution >= 4 is 27.3 Å². The van der Waals surface area contributed by atoms with Gasteiger partial charge in [0.25, 0.3) is 5.91 Å². The molecule has 172 valence electrons. The Labute approximate surface area is 196 Å². The molecule has 0 heterocycles. The maximum absolute atomic E-state index is 14.9. The fourth-order valence-corrected chi connectivity index (χ4v) is 6.75. The van der Waals surface area contributed by atoms with E-state index in [-0.39, 0.29) is 35.2 Å². The first-order chi connectivity index (χ1) is 15.7. The van der Waals surface area contributed by atoms with Gasteiger partial charge in [0, 0.05) is 22.2 Å². The van der Waals surface area contributed by atoms with Crippen molar-refractivity contribution < 1.29 is 22.0 Å². The van der Waals surface area contributed by atoms with Gasteiger partial charge in [-0.2, -0.15) is 0 Å². The Morgan fingerprint density at radius 3 is 2.21 bits per heavy atom. The van der Waals surface area contributed by atoms with Gasteiger partial charge in [-0.3, -0.25) is 4.79 Å². The molecule has 1 aliphatic rings. The number of rotatable bonds is 5. The Morgan fingerprint density at radius 1 is 0.939 bits per heavy atom. The van der Waals surface area contributed by atoms with E-state index < -0.39 is 26.2 Å². The second-order valence-electron chi connectivity index (χ2n) is 8.19. The molecule has 3 aromatic carbocycles. The molecule has 0 aromatic heterocycles. The molecule has 1 saturated carbocycles. The van der Waals surface area contributed by atoms with Gasteiger partial charge in [-0.05, 0) is 80.3 Å². The summed E-state index contributed by atoms with van der Waals surface area (Å²) >= 11 is 5.92. The zero-order valence-electron chi connectivity index (χ0n) is 17.6. The van der Waals surface area contributed by atoms with E-state index in [9.17, 15) is 22.0 Å². The Bertz CT molecular complexity index is 1260. The van der Waals surface area contributed by atoms with Crippen molar-refractivity contribution in [2.24, 2.45) is 0 Å². The molecule has 4 rings (SSSR count). The van der Waals surface area contributed by atoms with Crippen LogP contribution in [-0.2, 0) is 14.6 Å². The molecule has 1 aliphatic carbocycles. The monoisotopic (exact) mass is 489 g/mol. The van der Waals surface area contributed by atoms with Crippen LogP contribution in [0.5, 0.6) is 0 Å². The quantitative estimate of drug-likeness (QED) is 0.503. The Hall–Kier alpha value is -2.77. The number of hydrogen-bond acceptors (Lipinski definition) is 3. The van der Waals surface area contributed by atoms with Crippen molar-refractivity contribution in [3.63, 3.8) is 0 Å². The molecule has 0 radical (unpaired) electrons. The van der Waals surface area contributed by atoms with Crippen LogP contribution < -0.4 is 5.32 Å². The van der Waals surface area contributed by atoms with Crippen LogP contribution in [0.4, 0.5) is 8.78 Å². The zero-order valence-corrected chi connectivity index (χ0v) is 19.2. The standard InChI is InChI=1S/C25H22ClF2NO3S/c26-18-6-9-21(10-7-18)33(31,32)25(22-16-19(27)8-11-23(22)28)14-12-20(13-15-25)29-24(30)17-4-2-1-3-5-17/h1-11,16,20H,12-15H2,(H,29,30)/t20-,25+. The molecule has 1 amide bonds. The van der Waals surface area contributed by atoms with Crippen LogP contribution in [0.1, 0.15) is 41.6 Å². The normalized spacial score (nSPS) is 20.9. The fraction of sp³-hybridized carbons (Fsp3) is 0.240. The van der Waals surface area contributed by atoms with Crippen molar-refractivity contribution in [1.29, 1.82) is 0 Å². The summed E-state index contributed by atoms with van der Waals surface area (Å²) in [7, 11) is -4.11. The Morgan fingerprint density at radius 2 is 1.58 bits per heavy atom. The van der Waals surface area contributed by atoms with E-state index >= 15 is 0 Å². The summed E-state index contributed by atoms with van der Waals surface area (Å²) in [4.78, 5) is 12.5. The molecule has 8 heteroatoms. The lowest BCUT2D eigenvalue weighted by molar-refractivity contribution is 0.0923. The number of amides is 1. The molecule has 0 bridgehead atoms. The van der Waals surface area contributed by atoms with Crippen LogP contribution in [0.2, 0.25) is 5.02 Å². The summed E-state index contributed by atoms with van der Waals surface area (Å²) in [6.45, 7) is 0. The molecule has 33 heavy (non-hydrogen) atoms. The first-order valence-electron chi connectivity index (χ1n) is 10.5. The summed E-state index contributed by atoms with van der Waals surface area (Å²) in [5.74, 6) is -1.75. The number of carbonyl (C=O) groups is 1. The minimum absolute atomic E-state index is 0.0117. The van der Waals surface area contributed by atoms with Crippen LogP contribution >= 0.6 is 11.6 Å². The van der Waals surface area contributed by atoms with E-state index in [1.54, 1.807) is 30.3 Å². The number of nitrogens with one attached hydrogen (secondary N) is 1. The first-order valence-corrected chi connectivity index (χ1v) is 12.4. The maximum atomic E-state index is 14.9. The number of halogens is 3. The predicted octanol–water partition coefficient (Wildman–Crippen LogP) is 5.66. The second-order valence-corrected chi connectivity index (χ2v) is 10.9. The molecule has 4 nitrogen and oxygen atoms in total. The van der Waals surface area contributed by atoms with E-state index in [2.05, 4.69) is 5.32 Å². The third-order valence-electron chi connectivity index (χ3n) is 6.22. The van der Waals surface area contributed by atoms with E-state index in [1.165, 1.54) is 24.3 Å². The summed E-state index contributed by atoms with van der Waals surface area (Å²) in [6, 6.07) is 16.9. The van der Waals surface area contributed by atoms with Crippen LogP contribution in [-0.4, -0.2) is 20.4 Å². The molecule has 0 saturated heterocycles. The fourth-order valence-electron chi connectivity index (χ4n) is 4.46. The molecular weight excluding hydrogens is 468 g/mol. The van der Waals surface area contributed by atoms with Crippen LogP contribution in [0.3, 0.4) is 0 Å². The lowest BCUT2D eigenvalue weighted by Crippen LogP contribution is -2.46. The minimum atomic E-state index is -4.11. The highest BCUT2D eigenvalue weighted by Crippen LogP contribution is 2.48. The maximum Gasteiger partial charge on any atom is 0.251 e. The largest absolute Gasteiger partial charge is 0.349 e. The smallest absolute Gasteiger partial charge is 0.251 e. The van der Waals surface area contributed by atoms with Crippen molar-refractivity contribution in [3.05, 3.63) is 101 Å². The molecule has 1 fully saturated rings. The second kappa shape index (κ2) is 9.23. The van der Waals surface area contributed by atoms with Crippen molar-refractivity contribution in [1.82, 2.24) is 5.32 Å².